The monoisotopic (exact) mass is 230 g/mol. The van der Waals surface area contributed by atoms with Gasteiger partial charge in [0.25, 0.3) is 0 Å². The lowest BCUT2D eigenvalue weighted by atomic mass is 10.2. The Bertz CT molecular complexity index is 561. The molecular weight excluding hydrogens is 220 g/mol. The van der Waals surface area contributed by atoms with Crippen LogP contribution in [-0.4, -0.2) is 16.0 Å². The van der Waals surface area contributed by atoms with Crippen molar-refractivity contribution in [2.24, 2.45) is 5.16 Å². The van der Waals surface area contributed by atoms with Crippen molar-refractivity contribution in [3.63, 3.8) is 0 Å². The molecule has 0 bridgehead atoms. The summed E-state index contributed by atoms with van der Waals surface area (Å²) in [6, 6.07) is 13.5. The van der Waals surface area contributed by atoms with Crippen molar-refractivity contribution in [2.75, 3.05) is 0 Å². The minimum atomic E-state index is 0.617. The molecule has 0 radical (unpaired) electrons. The number of aromatic nitrogens is 1. The zero-order valence-electron chi connectivity index (χ0n) is 8.45. The lowest BCUT2D eigenvalue weighted by Crippen LogP contribution is -1.99. The Labute approximate surface area is 98.3 Å². The Morgan fingerprint density at radius 3 is 2.56 bits per heavy atom. The summed E-state index contributed by atoms with van der Waals surface area (Å²) in [5, 5.41) is 11.5. The van der Waals surface area contributed by atoms with Crippen molar-refractivity contribution in [3.05, 3.63) is 58.9 Å². The van der Waals surface area contributed by atoms with Gasteiger partial charge < -0.3 is 9.77 Å². The third-order valence-corrected chi connectivity index (χ3v) is 2.64. The quantitative estimate of drug-likeness (QED) is 0.373. The second kappa shape index (κ2) is 4.72. The lowest BCUT2D eigenvalue weighted by Gasteiger charge is -2.07. The molecular formula is C12H10N2OS. The molecule has 1 N–H and O–H groups in total. The molecule has 4 heteroatoms. The van der Waals surface area contributed by atoms with Crippen LogP contribution in [0.25, 0.3) is 5.69 Å². The Morgan fingerprint density at radius 1 is 1.12 bits per heavy atom. The first-order valence-electron chi connectivity index (χ1n) is 4.77. The van der Waals surface area contributed by atoms with Crippen LogP contribution in [0.3, 0.4) is 0 Å². The molecule has 0 aliphatic carbocycles. The van der Waals surface area contributed by atoms with Crippen molar-refractivity contribution >= 4 is 18.4 Å². The predicted molar refractivity (Wildman–Crippen MR) is 66.0 cm³/mol. The van der Waals surface area contributed by atoms with E-state index >= 15 is 0 Å². The molecule has 0 saturated heterocycles. The zero-order chi connectivity index (χ0) is 11.4. The summed E-state index contributed by atoms with van der Waals surface area (Å²) in [5.41, 5.74) is 1.70. The Hall–Kier alpha value is -1.94. The van der Waals surface area contributed by atoms with Crippen LogP contribution in [0.2, 0.25) is 0 Å². The highest BCUT2D eigenvalue weighted by Gasteiger charge is 1.98. The molecule has 80 valence electrons. The molecule has 0 amide bonds. The summed E-state index contributed by atoms with van der Waals surface area (Å²) in [5.74, 6) is 0. The summed E-state index contributed by atoms with van der Waals surface area (Å²) in [7, 11) is 0. The predicted octanol–water partition coefficient (Wildman–Crippen LogP) is 3.01. The van der Waals surface area contributed by atoms with Gasteiger partial charge in [0.2, 0.25) is 0 Å². The molecule has 0 unspecified atom stereocenters. The van der Waals surface area contributed by atoms with E-state index in [2.05, 4.69) is 5.16 Å². The number of oxime groups is 1. The van der Waals surface area contributed by atoms with Crippen LogP contribution in [-0.2, 0) is 0 Å². The molecule has 0 atom stereocenters. The Balaban J connectivity index is 2.59. The van der Waals surface area contributed by atoms with Gasteiger partial charge in [0.15, 0.2) is 0 Å². The summed E-state index contributed by atoms with van der Waals surface area (Å²) in [4.78, 5) is 0. The first-order valence-corrected chi connectivity index (χ1v) is 5.18. The number of hydrogen-bond donors (Lipinski definition) is 1. The van der Waals surface area contributed by atoms with Gasteiger partial charge in [0.05, 0.1) is 6.21 Å². The zero-order valence-corrected chi connectivity index (χ0v) is 9.26. The maximum absolute atomic E-state index is 8.52. The van der Waals surface area contributed by atoms with E-state index in [0.29, 0.717) is 10.2 Å². The van der Waals surface area contributed by atoms with Gasteiger partial charge >= 0.3 is 0 Å². The van der Waals surface area contributed by atoms with Crippen LogP contribution >= 0.6 is 12.2 Å². The average Bonchev–Trinajstić information content (AvgIpc) is 2.33. The topological polar surface area (TPSA) is 37.5 Å². The van der Waals surface area contributed by atoms with Crippen molar-refractivity contribution in [1.29, 1.82) is 0 Å². The normalized spacial score (nSPS) is 10.8. The van der Waals surface area contributed by atoms with E-state index in [-0.39, 0.29) is 0 Å². The SMILES string of the molecule is ON=Cc1cccn(-c2ccccc2)c1=S. The maximum Gasteiger partial charge on any atom is 0.119 e. The fraction of sp³-hybridized carbons (Fsp3) is 0. The van der Waals surface area contributed by atoms with Crippen LogP contribution in [0, 0.1) is 4.64 Å². The third kappa shape index (κ3) is 2.01. The van der Waals surface area contributed by atoms with E-state index in [1.807, 2.05) is 53.2 Å². The highest BCUT2D eigenvalue weighted by Crippen LogP contribution is 2.10. The number of para-hydroxylation sites is 1. The summed E-state index contributed by atoms with van der Waals surface area (Å²) in [6.07, 6.45) is 3.22. The number of benzene rings is 1. The molecule has 0 spiro atoms. The van der Waals surface area contributed by atoms with Crippen LogP contribution in [0.1, 0.15) is 5.56 Å². The molecule has 1 aromatic carbocycles. The van der Waals surface area contributed by atoms with Gasteiger partial charge in [-0.3, -0.25) is 0 Å². The number of nitrogens with zero attached hydrogens (tertiary/aromatic N) is 2. The first kappa shape index (κ1) is 10.6. The van der Waals surface area contributed by atoms with Crippen molar-refractivity contribution in [1.82, 2.24) is 4.57 Å². The fourth-order valence-electron chi connectivity index (χ4n) is 1.46. The molecule has 1 aromatic heterocycles. The van der Waals surface area contributed by atoms with Crippen LogP contribution in [0.5, 0.6) is 0 Å². The minimum absolute atomic E-state index is 0.617. The maximum atomic E-state index is 8.52. The van der Waals surface area contributed by atoms with E-state index in [0.717, 1.165) is 5.69 Å². The minimum Gasteiger partial charge on any atom is -0.411 e. The second-order valence-electron chi connectivity index (χ2n) is 3.22. The Morgan fingerprint density at radius 2 is 1.88 bits per heavy atom. The standard InChI is InChI=1S/C12H10N2OS/c15-13-9-10-5-4-8-14(12(10)16)11-6-2-1-3-7-11/h1-9,15H. The second-order valence-corrected chi connectivity index (χ2v) is 3.61. The van der Waals surface area contributed by atoms with E-state index in [1.165, 1.54) is 6.21 Å². The van der Waals surface area contributed by atoms with Gasteiger partial charge in [-0.2, -0.15) is 0 Å². The van der Waals surface area contributed by atoms with Gasteiger partial charge in [-0.05, 0) is 24.3 Å². The number of pyridine rings is 1. The van der Waals surface area contributed by atoms with Crippen molar-refractivity contribution in [3.8, 4) is 5.69 Å². The summed E-state index contributed by atoms with van der Waals surface area (Å²) < 4.78 is 2.48. The summed E-state index contributed by atoms with van der Waals surface area (Å²) >= 11 is 5.30. The number of hydrogen-bond acceptors (Lipinski definition) is 3. The van der Waals surface area contributed by atoms with Crippen LogP contribution < -0.4 is 0 Å². The van der Waals surface area contributed by atoms with Gasteiger partial charge in [-0.15, -0.1) is 0 Å². The molecule has 0 aliphatic rings. The smallest absolute Gasteiger partial charge is 0.119 e. The Kier molecular flexibility index (Phi) is 3.12. The average molecular weight is 230 g/mol. The van der Waals surface area contributed by atoms with Gasteiger partial charge in [-0.1, -0.05) is 35.6 Å². The molecule has 0 fully saturated rings. The van der Waals surface area contributed by atoms with E-state index in [9.17, 15) is 0 Å². The fourth-order valence-corrected chi connectivity index (χ4v) is 1.75. The van der Waals surface area contributed by atoms with Crippen LogP contribution in [0.15, 0.2) is 53.8 Å². The third-order valence-electron chi connectivity index (χ3n) is 2.21. The summed E-state index contributed by atoms with van der Waals surface area (Å²) in [6.45, 7) is 0. The largest absolute Gasteiger partial charge is 0.411 e. The highest BCUT2D eigenvalue weighted by atomic mass is 32.1. The molecule has 0 aliphatic heterocycles. The van der Waals surface area contributed by atoms with E-state index < -0.39 is 0 Å². The highest BCUT2D eigenvalue weighted by molar-refractivity contribution is 7.71. The van der Waals surface area contributed by atoms with Crippen molar-refractivity contribution in [2.45, 2.75) is 0 Å². The van der Waals surface area contributed by atoms with Crippen LogP contribution in [0.4, 0.5) is 0 Å². The van der Waals surface area contributed by atoms with Gasteiger partial charge in [0, 0.05) is 17.4 Å². The van der Waals surface area contributed by atoms with E-state index in [1.54, 1.807) is 0 Å². The first-order chi connectivity index (χ1) is 7.83. The molecule has 3 nitrogen and oxygen atoms in total. The molecule has 2 rings (SSSR count). The van der Waals surface area contributed by atoms with Gasteiger partial charge in [0.1, 0.15) is 4.64 Å². The molecule has 16 heavy (non-hydrogen) atoms. The number of rotatable bonds is 2. The lowest BCUT2D eigenvalue weighted by molar-refractivity contribution is 0.322. The van der Waals surface area contributed by atoms with E-state index in [4.69, 9.17) is 17.4 Å². The molecule has 0 saturated carbocycles. The van der Waals surface area contributed by atoms with Gasteiger partial charge in [-0.25, -0.2) is 0 Å². The molecule has 1 heterocycles. The molecule has 2 aromatic rings. The van der Waals surface area contributed by atoms with Crippen molar-refractivity contribution < 1.29 is 5.21 Å².